The number of methoxy groups -OCH3 is 1. The summed E-state index contributed by atoms with van der Waals surface area (Å²) in [5.41, 5.74) is 1.19. The average Bonchev–Trinajstić information content (AvgIpc) is 3.00. The summed E-state index contributed by atoms with van der Waals surface area (Å²) in [6, 6.07) is 10.0. The Labute approximate surface area is 173 Å². The van der Waals surface area contributed by atoms with Crippen LogP contribution in [0.25, 0.3) is 0 Å². The van der Waals surface area contributed by atoms with Crippen molar-refractivity contribution in [3.05, 3.63) is 60.2 Å². The van der Waals surface area contributed by atoms with Crippen LogP contribution in [0.15, 0.2) is 54.6 Å². The van der Waals surface area contributed by atoms with E-state index in [0.717, 1.165) is 19.3 Å². The minimum absolute atomic E-state index is 0.0700. The first kappa shape index (κ1) is 23.3. The van der Waals surface area contributed by atoms with Gasteiger partial charge in [0.25, 0.3) is 0 Å². The summed E-state index contributed by atoms with van der Waals surface area (Å²) >= 11 is 0. The van der Waals surface area contributed by atoms with Crippen LogP contribution in [0.5, 0.6) is 0 Å². The second-order valence-electron chi connectivity index (χ2n) is 7.76. The summed E-state index contributed by atoms with van der Waals surface area (Å²) in [7, 11) is 1.39. The number of benzene rings is 1. The van der Waals surface area contributed by atoms with Crippen molar-refractivity contribution in [3.8, 4) is 0 Å². The lowest BCUT2D eigenvalue weighted by atomic mass is 9.89. The van der Waals surface area contributed by atoms with Crippen molar-refractivity contribution in [2.75, 3.05) is 7.11 Å². The average molecular weight is 403 g/mol. The minimum Gasteiger partial charge on any atom is -0.469 e. The maximum atomic E-state index is 11.1. The number of rotatable bonds is 11. The minimum atomic E-state index is -0.597. The van der Waals surface area contributed by atoms with Crippen LogP contribution in [0, 0.1) is 11.8 Å². The van der Waals surface area contributed by atoms with Crippen LogP contribution in [-0.4, -0.2) is 46.7 Å². The third kappa shape index (κ3) is 8.13. The predicted octanol–water partition coefficient (Wildman–Crippen LogP) is 3.18. The van der Waals surface area contributed by atoms with E-state index in [2.05, 4.69) is 4.74 Å². The number of ether oxygens (including phenoxy) is 1. The van der Waals surface area contributed by atoms with Crippen LogP contribution >= 0.6 is 0 Å². The van der Waals surface area contributed by atoms with E-state index in [9.17, 15) is 20.1 Å². The van der Waals surface area contributed by atoms with E-state index in [1.165, 1.54) is 12.7 Å². The topological polar surface area (TPSA) is 87.0 Å². The van der Waals surface area contributed by atoms with E-state index in [0.29, 0.717) is 25.7 Å². The molecule has 0 radical (unpaired) electrons. The van der Waals surface area contributed by atoms with E-state index in [1.807, 2.05) is 48.6 Å². The van der Waals surface area contributed by atoms with Crippen LogP contribution in [0.3, 0.4) is 0 Å². The molecule has 0 heterocycles. The number of aliphatic hydroxyl groups excluding tert-OH is 3. The highest BCUT2D eigenvalue weighted by atomic mass is 16.5. The highest BCUT2D eigenvalue weighted by Crippen LogP contribution is 2.36. The summed E-state index contributed by atoms with van der Waals surface area (Å²) in [5.74, 6) is -0.445. The van der Waals surface area contributed by atoms with Crippen molar-refractivity contribution in [3.63, 3.8) is 0 Å². The zero-order chi connectivity index (χ0) is 21.1. The molecule has 0 spiro atoms. The van der Waals surface area contributed by atoms with E-state index in [-0.39, 0.29) is 17.8 Å². The molecule has 0 amide bonds. The van der Waals surface area contributed by atoms with E-state index < -0.39 is 18.3 Å². The molecule has 0 bridgehead atoms. The molecule has 1 fully saturated rings. The molecule has 1 saturated carbocycles. The highest BCUT2D eigenvalue weighted by Gasteiger charge is 2.39. The summed E-state index contributed by atoms with van der Waals surface area (Å²) in [4.78, 5) is 11.1. The number of hydrogen-bond donors (Lipinski definition) is 3. The fourth-order valence-electron chi connectivity index (χ4n) is 3.86. The predicted molar refractivity (Wildman–Crippen MR) is 113 cm³/mol. The van der Waals surface area contributed by atoms with E-state index in [4.69, 9.17) is 0 Å². The molecule has 2 rings (SSSR count). The van der Waals surface area contributed by atoms with E-state index >= 15 is 0 Å². The molecule has 0 aromatic heterocycles. The lowest BCUT2D eigenvalue weighted by Crippen LogP contribution is -2.20. The van der Waals surface area contributed by atoms with E-state index in [1.54, 1.807) is 6.08 Å². The Morgan fingerprint density at radius 2 is 1.97 bits per heavy atom. The molecular weight excluding hydrogens is 368 g/mol. The quantitative estimate of drug-likeness (QED) is 0.301. The van der Waals surface area contributed by atoms with Gasteiger partial charge in [0.2, 0.25) is 0 Å². The molecule has 0 unspecified atom stereocenters. The highest BCUT2D eigenvalue weighted by molar-refractivity contribution is 5.69. The van der Waals surface area contributed by atoms with Gasteiger partial charge in [0.15, 0.2) is 0 Å². The summed E-state index contributed by atoms with van der Waals surface area (Å²) in [6.45, 7) is 0. The number of allylic oxidation sites excluding steroid dienone is 2. The fraction of sp³-hybridized carbons (Fsp3) is 0.542. The number of unbranched alkanes of at least 4 members (excludes halogenated alkanes) is 1. The normalized spacial score (nSPS) is 25.7. The summed E-state index contributed by atoms with van der Waals surface area (Å²) < 4.78 is 4.61. The van der Waals surface area contributed by atoms with Gasteiger partial charge in [-0.2, -0.15) is 0 Å². The lowest BCUT2D eigenvalue weighted by molar-refractivity contribution is -0.140. The van der Waals surface area contributed by atoms with Crippen molar-refractivity contribution in [1.29, 1.82) is 0 Å². The van der Waals surface area contributed by atoms with Crippen molar-refractivity contribution < 1.29 is 24.9 Å². The Bertz CT molecular complexity index is 654. The number of aryl methyl sites for hydroxylation is 1. The van der Waals surface area contributed by atoms with Gasteiger partial charge in [0.1, 0.15) is 0 Å². The molecule has 1 aromatic rings. The van der Waals surface area contributed by atoms with Crippen molar-refractivity contribution in [2.45, 2.75) is 63.3 Å². The SMILES string of the molecule is COC(=O)CCC/C=C/C[C@@H]1[C@@H](/C=C/[C@@H](O)CCc2ccccc2)[C@H](O)C[C@@H]1O. The molecule has 0 saturated heterocycles. The Morgan fingerprint density at radius 3 is 2.69 bits per heavy atom. The number of aliphatic hydroxyl groups is 3. The number of carbonyl (C=O) groups is 1. The molecule has 5 atom stereocenters. The summed E-state index contributed by atoms with van der Waals surface area (Å²) in [5, 5.41) is 30.9. The van der Waals surface area contributed by atoms with Crippen molar-refractivity contribution in [1.82, 2.24) is 0 Å². The first-order valence-electron chi connectivity index (χ1n) is 10.5. The largest absolute Gasteiger partial charge is 0.469 e. The van der Waals surface area contributed by atoms with Gasteiger partial charge in [-0.15, -0.1) is 0 Å². The Morgan fingerprint density at radius 1 is 1.21 bits per heavy atom. The van der Waals surface area contributed by atoms with Gasteiger partial charge in [-0.25, -0.2) is 0 Å². The molecule has 160 valence electrons. The van der Waals surface area contributed by atoms with Crippen LogP contribution in [0.2, 0.25) is 0 Å². The van der Waals surface area contributed by atoms with Gasteiger partial charge in [-0.05, 0) is 43.6 Å². The molecule has 1 aromatic carbocycles. The van der Waals surface area contributed by atoms with Crippen molar-refractivity contribution >= 4 is 5.97 Å². The van der Waals surface area contributed by atoms with Gasteiger partial charge in [0.05, 0.1) is 25.4 Å². The Balaban J connectivity index is 1.80. The number of carbonyl (C=O) groups excluding carboxylic acids is 1. The van der Waals surface area contributed by atoms with Crippen molar-refractivity contribution in [2.24, 2.45) is 11.8 Å². The van der Waals surface area contributed by atoms with Gasteiger partial charge in [-0.1, -0.05) is 54.6 Å². The lowest BCUT2D eigenvalue weighted by Gasteiger charge is -2.19. The second-order valence-corrected chi connectivity index (χ2v) is 7.76. The fourth-order valence-corrected chi connectivity index (χ4v) is 3.86. The Hall–Kier alpha value is -1.95. The zero-order valence-corrected chi connectivity index (χ0v) is 17.2. The number of hydrogen-bond acceptors (Lipinski definition) is 5. The number of esters is 1. The van der Waals surface area contributed by atoms with Crippen LogP contribution in [-0.2, 0) is 16.0 Å². The maximum Gasteiger partial charge on any atom is 0.305 e. The summed E-state index contributed by atoms with van der Waals surface area (Å²) in [6.07, 6.45) is 10.3. The van der Waals surface area contributed by atoms with Gasteiger partial charge in [0, 0.05) is 18.8 Å². The van der Waals surface area contributed by atoms with Gasteiger partial charge in [-0.3, -0.25) is 4.79 Å². The van der Waals surface area contributed by atoms with Crippen LogP contribution < -0.4 is 0 Å². The van der Waals surface area contributed by atoms with Gasteiger partial charge < -0.3 is 20.1 Å². The standard InChI is InChI=1S/C24H34O5/c1-29-24(28)12-8-3-2-7-11-20-21(23(27)17-22(20)26)16-15-19(25)14-13-18-9-5-4-6-10-18/h2,4-7,9-10,15-16,19-23,25-27H,3,8,11-14,17H2,1H3/b7-2+,16-15+/t19-,20+,21+,22-,23+/m0/s1. The molecular formula is C24H34O5. The molecule has 1 aliphatic rings. The first-order chi connectivity index (χ1) is 14.0. The first-order valence-corrected chi connectivity index (χ1v) is 10.5. The maximum absolute atomic E-state index is 11.1. The second kappa shape index (κ2) is 12.6. The monoisotopic (exact) mass is 402 g/mol. The third-order valence-corrected chi connectivity index (χ3v) is 5.60. The molecule has 0 aliphatic heterocycles. The van der Waals surface area contributed by atoms with Gasteiger partial charge >= 0.3 is 5.97 Å². The molecule has 5 heteroatoms. The molecule has 3 N–H and O–H groups in total. The zero-order valence-electron chi connectivity index (χ0n) is 17.2. The smallest absolute Gasteiger partial charge is 0.305 e. The molecule has 1 aliphatic carbocycles. The Kier molecular flexibility index (Phi) is 10.1. The molecule has 29 heavy (non-hydrogen) atoms. The molecule has 5 nitrogen and oxygen atoms in total. The van der Waals surface area contributed by atoms with Crippen LogP contribution in [0.4, 0.5) is 0 Å². The van der Waals surface area contributed by atoms with Crippen LogP contribution in [0.1, 0.15) is 44.1 Å². The third-order valence-electron chi connectivity index (χ3n) is 5.60.